The van der Waals surface area contributed by atoms with Gasteiger partial charge >= 0.3 is 0 Å². The Hall–Kier alpha value is -2.16. The summed E-state index contributed by atoms with van der Waals surface area (Å²) in [5.41, 5.74) is 3.31. The first-order chi connectivity index (χ1) is 10.3. The molecule has 3 nitrogen and oxygen atoms in total. The Morgan fingerprint density at radius 2 is 1.43 bits per heavy atom. The molecule has 3 rings (SSSR count). The maximum atomic E-state index is 5.64. The maximum Gasteiger partial charge on any atom is 0.132 e. The zero-order valence-electron chi connectivity index (χ0n) is 12.6. The van der Waals surface area contributed by atoms with Crippen LogP contribution in [0.5, 0.6) is 11.5 Å². The summed E-state index contributed by atoms with van der Waals surface area (Å²) in [7, 11) is 3.43. The molecule has 3 heteroatoms. The molecular formula is C18H21NO2. The fourth-order valence-corrected chi connectivity index (χ4v) is 2.95. The second-order valence-electron chi connectivity index (χ2n) is 5.29. The molecule has 110 valence electrons. The van der Waals surface area contributed by atoms with Gasteiger partial charge in [-0.2, -0.15) is 0 Å². The van der Waals surface area contributed by atoms with Crippen LogP contribution in [0.4, 0.5) is 5.69 Å². The van der Waals surface area contributed by atoms with E-state index in [1.165, 1.54) is 18.5 Å². The van der Waals surface area contributed by atoms with Crippen molar-refractivity contribution in [3.05, 3.63) is 42.5 Å². The topological polar surface area (TPSA) is 21.7 Å². The van der Waals surface area contributed by atoms with Crippen LogP contribution in [-0.4, -0.2) is 27.3 Å². The van der Waals surface area contributed by atoms with Gasteiger partial charge in [-0.1, -0.05) is 30.3 Å². The molecule has 21 heavy (non-hydrogen) atoms. The SMILES string of the molecule is COc1cc(N2CCCC2)cc(OC)c1-c1ccccc1. The van der Waals surface area contributed by atoms with Crippen LogP contribution in [0.3, 0.4) is 0 Å². The van der Waals surface area contributed by atoms with Crippen LogP contribution in [0, 0.1) is 0 Å². The Kier molecular flexibility index (Phi) is 4.00. The van der Waals surface area contributed by atoms with Crippen LogP contribution in [0.1, 0.15) is 12.8 Å². The van der Waals surface area contributed by atoms with Crippen molar-refractivity contribution in [1.29, 1.82) is 0 Å². The summed E-state index contributed by atoms with van der Waals surface area (Å²) in [6.07, 6.45) is 2.51. The zero-order valence-corrected chi connectivity index (χ0v) is 12.6. The molecular weight excluding hydrogens is 262 g/mol. The first-order valence-corrected chi connectivity index (χ1v) is 7.40. The van der Waals surface area contributed by atoms with Gasteiger partial charge in [0, 0.05) is 30.9 Å². The lowest BCUT2D eigenvalue weighted by Crippen LogP contribution is -2.17. The summed E-state index contributed by atoms with van der Waals surface area (Å²) in [4.78, 5) is 2.39. The minimum absolute atomic E-state index is 0.863. The number of methoxy groups -OCH3 is 2. The number of benzene rings is 2. The molecule has 0 spiro atoms. The van der Waals surface area contributed by atoms with Gasteiger partial charge in [0.1, 0.15) is 11.5 Å². The van der Waals surface area contributed by atoms with E-state index in [9.17, 15) is 0 Å². The highest BCUT2D eigenvalue weighted by Crippen LogP contribution is 2.42. The molecule has 1 aliphatic rings. The Bertz CT molecular complexity index is 579. The summed E-state index contributed by atoms with van der Waals surface area (Å²) in [5, 5.41) is 0. The van der Waals surface area contributed by atoms with E-state index in [1.54, 1.807) is 14.2 Å². The van der Waals surface area contributed by atoms with E-state index in [2.05, 4.69) is 29.2 Å². The molecule has 1 aliphatic heterocycles. The standard InChI is InChI=1S/C18H21NO2/c1-20-16-12-15(19-10-6-7-11-19)13-17(21-2)18(16)14-8-4-3-5-9-14/h3-5,8-9,12-13H,6-7,10-11H2,1-2H3. The van der Waals surface area contributed by atoms with Crippen LogP contribution >= 0.6 is 0 Å². The van der Waals surface area contributed by atoms with Gasteiger partial charge in [0.2, 0.25) is 0 Å². The Morgan fingerprint density at radius 3 is 1.95 bits per heavy atom. The molecule has 2 aromatic rings. The zero-order chi connectivity index (χ0) is 14.7. The highest BCUT2D eigenvalue weighted by Gasteiger charge is 2.19. The van der Waals surface area contributed by atoms with Crippen molar-refractivity contribution in [2.75, 3.05) is 32.2 Å². The van der Waals surface area contributed by atoms with E-state index in [-0.39, 0.29) is 0 Å². The van der Waals surface area contributed by atoms with Crippen molar-refractivity contribution in [2.24, 2.45) is 0 Å². The lowest BCUT2D eigenvalue weighted by atomic mass is 10.0. The molecule has 1 heterocycles. The summed E-state index contributed by atoms with van der Waals surface area (Å²) in [5.74, 6) is 1.73. The third-order valence-electron chi connectivity index (χ3n) is 4.02. The molecule has 0 atom stereocenters. The summed E-state index contributed by atoms with van der Waals surface area (Å²) < 4.78 is 11.3. The highest BCUT2D eigenvalue weighted by atomic mass is 16.5. The number of anilines is 1. The predicted octanol–water partition coefficient (Wildman–Crippen LogP) is 3.97. The molecule has 2 aromatic carbocycles. The molecule has 0 amide bonds. The van der Waals surface area contributed by atoms with Crippen molar-refractivity contribution in [3.8, 4) is 22.6 Å². The van der Waals surface area contributed by atoms with E-state index in [4.69, 9.17) is 9.47 Å². The van der Waals surface area contributed by atoms with Crippen LogP contribution in [-0.2, 0) is 0 Å². The first kappa shape index (κ1) is 13.8. The number of ether oxygens (including phenoxy) is 2. The van der Waals surface area contributed by atoms with Gasteiger partial charge in [-0.15, -0.1) is 0 Å². The number of hydrogen-bond acceptors (Lipinski definition) is 3. The smallest absolute Gasteiger partial charge is 0.132 e. The van der Waals surface area contributed by atoms with Gasteiger partial charge in [-0.05, 0) is 18.4 Å². The van der Waals surface area contributed by atoms with E-state index >= 15 is 0 Å². The van der Waals surface area contributed by atoms with Gasteiger partial charge in [-0.3, -0.25) is 0 Å². The first-order valence-electron chi connectivity index (χ1n) is 7.40. The number of hydrogen-bond donors (Lipinski definition) is 0. The normalized spacial score (nSPS) is 14.3. The summed E-state index contributed by atoms with van der Waals surface area (Å²) in [6, 6.07) is 14.5. The minimum atomic E-state index is 0.863. The van der Waals surface area contributed by atoms with E-state index in [1.807, 2.05) is 18.2 Å². The van der Waals surface area contributed by atoms with Gasteiger partial charge < -0.3 is 14.4 Å². The van der Waals surface area contributed by atoms with Crippen LogP contribution in [0.25, 0.3) is 11.1 Å². The number of rotatable bonds is 4. The average Bonchev–Trinajstić information content (AvgIpc) is 3.08. The third kappa shape index (κ3) is 2.68. The van der Waals surface area contributed by atoms with Crippen molar-refractivity contribution < 1.29 is 9.47 Å². The lowest BCUT2D eigenvalue weighted by molar-refractivity contribution is 0.397. The average molecular weight is 283 g/mol. The molecule has 0 bridgehead atoms. The quantitative estimate of drug-likeness (QED) is 0.847. The molecule has 1 saturated heterocycles. The predicted molar refractivity (Wildman–Crippen MR) is 86.4 cm³/mol. The monoisotopic (exact) mass is 283 g/mol. The fourth-order valence-electron chi connectivity index (χ4n) is 2.95. The molecule has 0 unspecified atom stereocenters. The van der Waals surface area contributed by atoms with E-state index < -0.39 is 0 Å². The van der Waals surface area contributed by atoms with Crippen molar-refractivity contribution in [1.82, 2.24) is 0 Å². The molecule has 0 aliphatic carbocycles. The second-order valence-corrected chi connectivity index (χ2v) is 5.29. The van der Waals surface area contributed by atoms with E-state index in [0.29, 0.717) is 0 Å². The summed E-state index contributed by atoms with van der Waals surface area (Å²) >= 11 is 0. The van der Waals surface area contributed by atoms with Crippen LogP contribution in [0.2, 0.25) is 0 Å². The second kappa shape index (κ2) is 6.08. The van der Waals surface area contributed by atoms with Crippen LogP contribution < -0.4 is 14.4 Å². The van der Waals surface area contributed by atoms with E-state index in [0.717, 1.165) is 35.7 Å². The largest absolute Gasteiger partial charge is 0.496 e. The Morgan fingerprint density at radius 1 is 0.857 bits per heavy atom. The van der Waals surface area contributed by atoms with Crippen LogP contribution in [0.15, 0.2) is 42.5 Å². The minimum Gasteiger partial charge on any atom is -0.496 e. The fraction of sp³-hybridized carbons (Fsp3) is 0.333. The summed E-state index contributed by atoms with van der Waals surface area (Å²) in [6.45, 7) is 2.22. The molecule has 1 fully saturated rings. The van der Waals surface area contributed by atoms with Gasteiger partial charge in [0.25, 0.3) is 0 Å². The molecule has 0 radical (unpaired) electrons. The highest BCUT2D eigenvalue weighted by molar-refractivity contribution is 5.80. The lowest BCUT2D eigenvalue weighted by Gasteiger charge is -2.22. The molecule has 0 saturated carbocycles. The van der Waals surface area contributed by atoms with Gasteiger partial charge in [0.05, 0.1) is 19.8 Å². The van der Waals surface area contributed by atoms with Crippen molar-refractivity contribution in [2.45, 2.75) is 12.8 Å². The number of nitrogens with zero attached hydrogens (tertiary/aromatic N) is 1. The molecule has 0 aromatic heterocycles. The Balaban J connectivity index is 2.10. The van der Waals surface area contributed by atoms with Gasteiger partial charge in [-0.25, -0.2) is 0 Å². The molecule has 0 N–H and O–H groups in total. The van der Waals surface area contributed by atoms with Crippen molar-refractivity contribution in [3.63, 3.8) is 0 Å². The Labute approximate surface area is 126 Å². The maximum absolute atomic E-state index is 5.64. The van der Waals surface area contributed by atoms with Gasteiger partial charge in [0.15, 0.2) is 0 Å². The third-order valence-corrected chi connectivity index (χ3v) is 4.02. The van der Waals surface area contributed by atoms with Crippen molar-refractivity contribution >= 4 is 5.69 Å².